The number of carbonyl (C=O) groups excluding carboxylic acids is 1. The number of nitrogens with one attached hydrogen (secondary N) is 1. The zero-order valence-electron chi connectivity index (χ0n) is 15.4. The molecule has 0 bridgehead atoms. The van der Waals surface area contributed by atoms with Gasteiger partial charge in [0.1, 0.15) is 17.9 Å². The van der Waals surface area contributed by atoms with E-state index in [1.165, 1.54) is 6.33 Å². The summed E-state index contributed by atoms with van der Waals surface area (Å²) in [5.74, 6) is 2.98. The van der Waals surface area contributed by atoms with Gasteiger partial charge in [0.2, 0.25) is 0 Å². The summed E-state index contributed by atoms with van der Waals surface area (Å²) in [4.78, 5) is 19.0. The summed E-state index contributed by atoms with van der Waals surface area (Å²) < 4.78 is 5.79. The molecule has 3 rings (SSSR count). The molecule has 0 unspecified atom stereocenters. The fourth-order valence-corrected chi connectivity index (χ4v) is 2.79. The van der Waals surface area contributed by atoms with Crippen LogP contribution in [0.4, 0.5) is 11.5 Å². The molecular formula is C22H20N3O3-. The molecule has 6 heteroatoms. The second kappa shape index (κ2) is 9.38. The largest absolute Gasteiger partial charge is 0.550 e. The summed E-state index contributed by atoms with van der Waals surface area (Å²) >= 11 is 0. The summed E-state index contributed by atoms with van der Waals surface area (Å²) in [6.07, 6.45) is 9.21. The van der Waals surface area contributed by atoms with Crippen LogP contribution in [-0.4, -0.2) is 22.5 Å². The van der Waals surface area contributed by atoms with Crippen molar-refractivity contribution in [2.24, 2.45) is 0 Å². The van der Waals surface area contributed by atoms with Crippen LogP contribution in [0.3, 0.4) is 0 Å². The number of hydrogen-bond acceptors (Lipinski definition) is 6. The van der Waals surface area contributed by atoms with Gasteiger partial charge in [0.25, 0.3) is 0 Å². The molecule has 0 radical (unpaired) electrons. The van der Waals surface area contributed by atoms with Crippen molar-refractivity contribution in [3.8, 4) is 18.1 Å². The average molecular weight is 374 g/mol. The third-order valence-corrected chi connectivity index (χ3v) is 4.19. The van der Waals surface area contributed by atoms with Gasteiger partial charge >= 0.3 is 0 Å². The third-order valence-electron chi connectivity index (χ3n) is 4.19. The molecule has 0 saturated carbocycles. The normalized spacial score (nSPS) is 10.4. The van der Waals surface area contributed by atoms with E-state index in [-0.39, 0.29) is 6.42 Å². The Bertz CT molecular complexity index is 1010. The molecule has 0 saturated heterocycles. The molecule has 0 aliphatic heterocycles. The van der Waals surface area contributed by atoms with Gasteiger partial charge in [-0.2, -0.15) is 0 Å². The first kappa shape index (κ1) is 19.2. The molecule has 1 heterocycles. The van der Waals surface area contributed by atoms with E-state index in [0.717, 1.165) is 35.0 Å². The Morgan fingerprint density at radius 2 is 2.04 bits per heavy atom. The van der Waals surface area contributed by atoms with E-state index in [1.54, 1.807) is 0 Å². The summed E-state index contributed by atoms with van der Waals surface area (Å²) in [5.41, 5.74) is 2.42. The Hall–Kier alpha value is -3.59. The first-order valence-electron chi connectivity index (χ1n) is 9.07. The fourth-order valence-electron chi connectivity index (χ4n) is 2.79. The van der Waals surface area contributed by atoms with E-state index in [9.17, 15) is 9.90 Å². The molecule has 6 nitrogen and oxygen atoms in total. The van der Waals surface area contributed by atoms with E-state index in [1.807, 2.05) is 42.5 Å². The molecule has 3 aromatic rings. The number of carboxylic acid groups (broad SMARTS) is 1. The van der Waals surface area contributed by atoms with Crippen LogP contribution >= 0.6 is 0 Å². The fraction of sp³-hybridized carbons (Fsp3) is 0.227. The number of unbranched alkanes of at least 4 members (excludes halogenated alkanes) is 2. The predicted octanol–water partition coefficient (Wildman–Crippen LogP) is 3.04. The highest BCUT2D eigenvalue weighted by atomic mass is 16.5. The summed E-state index contributed by atoms with van der Waals surface area (Å²) in [6.45, 7) is 0.513. The van der Waals surface area contributed by atoms with Crippen LogP contribution in [0.5, 0.6) is 5.75 Å². The number of benzene rings is 2. The summed E-state index contributed by atoms with van der Waals surface area (Å²) in [5, 5.41) is 14.5. The lowest BCUT2D eigenvalue weighted by molar-refractivity contribution is -0.305. The topological polar surface area (TPSA) is 87.2 Å². The van der Waals surface area contributed by atoms with E-state index in [0.29, 0.717) is 24.6 Å². The van der Waals surface area contributed by atoms with Crippen molar-refractivity contribution in [1.82, 2.24) is 9.97 Å². The van der Waals surface area contributed by atoms with E-state index < -0.39 is 5.97 Å². The second-order valence-electron chi connectivity index (χ2n) is 6.28. The minimum atomic E-state index is -1.01. The Morgan fingerprint density at radius 3 is 2.86 bits per heavy atom. The van der Waals surface area contributed by atoms with Gasteiger partial charge in [-0.1, -0.05) is 12.0 Å². The van der Waals surface area contributed by atoms with Crippen LogP contribution in [0, 0.1) is 12.3 Å². The van der Waals surface area contributed by atoms with Crippen LogP contribution in [0.15, 0.2) is 48.8 Å². The molecule has 0 spiro atoms. The third kappa shape index (κ3) is 5.21. The number of hydrogen-bond donors (Lipinski definition) is 1. The van der Waals surface area contributed by atoms with Crippen LogP contribution in [0.2, 0.25) is 0 Å². The van der Waals surface area contributed by atoms with Crippen LogP contribution < -0.4 is 15.2 Å². The number of fused-ring (bicyclic) bond motifs is 1. The highest BCUT2D eigenvalue weighted by molar-refractivity contribution is 5.91. The van der Waals surface area contributed by atoms with Crippen molar-refractivity contribution in [1.29, 1.82) is 0 Å². The zero-order chi connectivity index (χ0) is 19.8. The molecule has 142 valence electrons. The van der Waals surface area contributed by atoms with Crippen LogP contribution in [0.1, 0.15) is 31.2 Å². The van der Waals surface area contributed by atoms with Crippen molar-refractivity contribution >= 4 is 28.4 Å². The van der Waals surface area contributed by atoms with Gasteiger partial charge in [0.05, 0.1) is 12.1 Å². The smallest absolute Gasteiger partial charge is 0.141 e. The molecule has 1 N–H and O–H groups in total. The molecule has 0 amide bonds. The lowest BCUT2D eigenvalue weighted by atomic mass is 10.2. The molecule has 0 atom stereocenters. The molecule has 0 aliphatic rings. The molecular weight excluding hydrogens is 354 g/mol. The van der Waals surface area contributed by atoms with Gasteiger partial charge < -0.3 is 20.0 Å². The maximum atomic E-state index is 10.4. The first-order valence-corrected chi connectivity index (χ1v) is 9.07. The highest BCUT2D eigenvalue weighted by Crippen LogP contribution is 2.27. The Morgan fingerprint density at radius 1 is 1.14 bits per heavy atom. The van der Waals surface area contributed by atoms with Gasteiger partial charge in [0.15, 0.2) is 0 Å². The van der Waals surface area contributed by atoms with Crippen molar-refractivity contribution < 1.29 is 14.6 Å². The maximum Gasteiger partial charge on any atom is 0.141 e. The quantitative estimate of drug-likeness (QED) is 0.458. The molecule has 0 fully saturated rings. The van der Waals surface area contributed by atoms with Gasteiger partial charge in [-0.25, -0.2) is 9.97 Å². The number of anilines is 2. The molecule has 1 aromatic heterocycles. The van der Waals surface area contributed by atoms with Crippen molar-refractivity contribution in [3.05, 3.63) is 54.4 Å². The average Bonchev–Trinajstić information content (AvgIpc) is 2.71. The van der Waals surface area contributed by atoms with Crippen molar-refractivity contribution in [2.45, 2.75) is 25.7 Å². The van der Waals surface area contributed by atoms with Gasteiger partial charge in [-0.15, -0.1) is 6.42 Å². The molecule has 28 heavy (non-hydrogen) atoms. The van der Waals surface area contributed by atoms with E-state index >= 15 is 0 Å². The Kier molecular flexibility index (Phi) is 6.42. The number of aliphatic carboxylic acids is 1. The van der Waals surface area contributed by atoms with Crippen LogP contribution in [-0.2, 0) is 4.79 Å². The van der Waals surface area contributed by atoms with Gasteiger partial charge in [0, 0.05) is 22.6 Å². The minimum absolute atomic E-state index is 0.0865. The highest BCUT2D eigenvalue weighted by Gasteiger charge is 2.07. The SMILES string of the molecule is C#Cc1cccc(Nc2ncnc3ccc(OCCCCCC(=O)[O-])cc23)c1. The number of ether oxygens (including phenoxy) is 1. The number of carboxylic acids is 1. The first-order chi connectivity index (χ1) is 13.7. The predicted molar refractivity (Wildman–Crippen MR) is 106 cm³/mol. The number of nitrogens with zero attached hydrogens (tertiary/aromatic N) is 2. The van der Waals surface area contributed by atoms with E-state index in [4.69, 9.17) is 11.2 Å². The van der Waals surface area contributed by atoms with Gasteiger partial charge in [-0.05, 0) is 62.1 Å². The zero-order valence-corrected chi connectivity index (χ0v) is 15.4. The Balaban J connectivity index is 1.69. The summed E-state index contributed by atoms with van der Waals surface area (Å²) in [7, 11) is 0. The maximum absolute atomic E-state index is 10.4. The van der Waals surface area contributed by atoms with Crippen molar-refractivity contribution in [3.63, 3.8) is 0 Å². The minimum Gasteiger partial charge on any atom is -0.550 e. The molecule has 2 aromatic carbocycles. The van der Waals surface area contributed by atoms with Crippen molar-refractivity contribution in [2.75, 3.05) is 11.9 Å². The second-order valence-corrected chi connectivity index (χ2v) is 6.28. The number of rotatable bonds is 9. The number of aromatic nitrogens is 2. The monoisotopic (exact) mass is 374 g/mol. The molecule has 0 aliphatic carbocycles. The number of carbonyl (C=O) groups is 1. The van der Waals surface area contributed by atoms with Crippen LogP contribution in [0.25, 0.3) is 10.9 Å². The number of terminal acetylenes is 1. The standard InChI is InChI=1S/C22H21N3O3/c1-2-16-7-6-8-17(13-16)25-22-19-14-18(10-11-20(19)23-15-24-22)28-12-5-3-4-9-21(26)27/h1,6-8,10-11,13-15H,3-5,9,12H2,(H,26,27)(H,23,24,25)/p-1. The summed E-state index contributed by atoms with van der Waals surface area (Å²) in [6, 6.07) is 13.2. The Labute approximate surface area is 163 Å². The lowest BCUT2D eigenvalue weighted by Crippen LogP contribution is -2.21. The van der Waals surface area contributed by atoms with E-state index in [2.05, 4.69) is 21.2 Å². The van der Waals surface area contributed by atoms with Gasteiger partial charge in [-0.3, -0.25) is 0 Å². The lowest BCUT2D eigenvalue weighted by Gasteiger charge is -2.11.